The summed E-state index contributed by atoms with van der Waals surface area (Å²) in [6, 6.07) is 1.64. The molecule has 0 saturated heterocycles. The molecule has 1 aromatic heterocycles. The summed E-state index contributed by atoms with van der Waals surface area (Å²) in [6.07, 6.45) is 0. The van der Waals surface area contributed by atoms with E-state index in [1.54, 1.807) is 13.0 Å². The lowest BCUT2D eigenvalue weighted by atomic mass is 10.1. The van der Waals surface area contributed by atoms with Crippen LogP contribution in [0.3, 0.4) is 0 Å². The summed E-state index contributed by atoms with van der Waals surface area (Å²) in [5, 5.41) is 9.03. The van der Waals surface area contributed by atoms with E-state index >= 15 is 0 Å². The fraction of sp³-hybridized carbons (Fsp3) is 0.667. The maximum Gasteiger partial charge on any atom is 0.339 e. The maximum absolute atomic E-state index is 11.0. The lowest BCUT2D eigenvalue weighted by Gasteiger charge is -2.25. The number of furan rings is 1. The molecule has 1 rings (SSSR count). The van der Waals surface area contributed by atoms with Crippen LogP contribution in [0.1, 0.15) is 49.6 Å². The number of hydrogen-bond acceptors (Lipinski definition) is 3. The molecule has 0 aliphatic carbocycles. The van der Waals surface area contributed by atoms with Gasteiger partial charge in [0.15, 0.2) is 0 Å². The molecule has 0 aromatic carbocycles. The minimum absolute atomic E-state index is 0.268. The van der Waals surface area contributed by atoms with Crippen LogP contribution in [0.5, 0.6) is 0 Å². The lowest BCUT2D eigenvalue weighted by molar-refractivity contribution is 0.0695. The van der Waals surface area contributed by atoms with E-state index in [9.17, 15) is 4.79 Å². The van der Waals surface area contributed by atoms with Gasteiger partial charge in [0, 0.05) is 13.1 Å². The van der Waals surface area contributed by atoms with Gasteiger partial charge in [0.25, 0.3) is 0 Å². The molecular formula is C15H25NO3. The Hall–Kier alpha value is -1.29. The fourth-order valence-electron chi connectivity index (χ4n) is 2.29. The van der Waals surface area contributed by atoms with Gasteiger partial charge in [-0.05, 0) is 24.8 Å². The molecule has 0 bridgehead atoms. The highest BCUT2D eigenvalue weighted by Crippen LogP contribution is 2.17. The van der Waals surface area contributed by atoms with E-state index in [2.05, 4.69) is 32.6 Å². The molecule has 0 amide bonds. The fourth-order valence-corrected chi connectivity index (χ4v) is 2.29. The van der Waals surface area contributed by atoms with Crippen molar-refractivity contribution in [3.05, 3.63) is 23.2 Å². The lowest BCUT2D eigenvalue weighted by Crippen LogP contribution is -2.30. The van der Waals surface area contributed by atoms with Crippen molar-refractivity contribution in [2.45, 2.75) is 41.2 Å². The third-order valence-electron chi connectivity index (χ3n) is 2.83. The van der Waals surface area contributed by atoms with Crippen LogP contribution < -0.4 is 0 Å². The number of carboxylic acid groups (broad SMARTS) is 1. The van der Waals surface area contributed by atoms with E-state index in [0.29, 0.717) is 24.1 Å². The second-order valence-corrected chi connectivity index (χ2v) is 5.97. The van der Waals surface area contributed by atoms with Gasteiger partial charge in [-0.25, -0.2) is 4.79 Å². The number of carboxylic acids is 1. The van der Waals surface area contributed by atoms with Crippen LogP contribution in [-0.4, -0.2) is 29.1 Å². The predicted octanol–water partition coefficient (Wildman–Crippen LogP) is 3.40. The van der Waals surface area contributed by atoms with Gasteiger partial charge < -0.3 is 9.52 Å². The second kappa shape index (κ2) is 6.75. The van der Waals surface area contributed by atoms with Crippen LogP contribution in [0.2, 0.25) is 0 Å². The van der Waals surface area contributed by atoms with Crippen molar-refractivity contribution in [3.63, 3.8) is 0 Å². The first-order valence-corrected chi connectivity index (χ1v) is 6.84. The molecule has 0 unspecified atom stereocenters. The van der Waals surface area contributed by atoms with Crippen LogP contribution in [-0.2, 0) is 6.54 Å². The Morgan fingerprint density at radius 1 is 1.26 bits per heavy atom. The Bertz CT molecular complexity index is 411. The van der Waals surface area contributed by atoms with Crippen molar-refractivity contribution in [3.8, 4) is 0 Å². The van der Waals surface area contributed by atoms with Gasteiger partial charge in [0.1, 0.15) is 17.1 Å². The summed E-state index contributed by atoms with van der Waals surface area (Å²) in [5.74, 6) is 1.45. The number of aryl methyl sites for hydroxylation is 1. The molecule has 0 aliphatic rings. The molecule has 0 saturated carbocycles. The van der Waals surface area contributed by atoms with Gasteiger partial charge in [-0.3, -0.25) is 4.90 Å². The first kappa shape index (κ1) is 15.8. The van der Waals surface area contributed by atoms with Gasteiger partial charge in [-0.15, -0.1) is 0 Å². The van der Waals surface area contributed by atoms with Crippen LogP contribution in [0.15, 0.2) is 10.5 Å². The largest absolute Gasteiger partial charge is 0.478 e. The van der Waals surface area contributed by atoms with Crippen LogP contribution in [0.4, 0.5) is 0 Å². The normalized spacial score (nSPS) is 11.8. The Morgan fingerprint density at radius 3 is 2.16 bits per heavy atom. The van der Waals surface area contributed by atoms with Gasteiger partial charge in [0.2, 0.25) is 0 Å². The molecule has 0 spiro atoms. The summed E-state index contributed by atoms with van der Waals surface area (Å²) in [5.41, 5.74) is 0.268. The Balaban J connectivity index is 2.77. The Kier molecular flexibility index (Phi) is 5.60. The highest BCUT2D eigenvalue weighted by atomic mass is 16.4. The van der Waals surface area contributed by atoms with Crippen molar-refractivity contribution in [1.82, 2.24) is 4.90 Å². The smallest absolute Gasteiger partial charge is 0.339 e. The molecule has 0 fully saturated rings. The quantitative estimate of drug-likeness (QED) is 0.822. The molecule has 0 atom stereocenters. The Labute approximate surface area is 115 Å². The van der Waals surface area contributed by atoms with Crippen molar-refractivity contribution in [1.29, 1.82) is 0 Å². The number of aromatic carboxylic acids is 1. The highest BCUT2D eigenvalue weighted by Gasteiger charge is 2.17. The standard InChI is InChI=1S/C15H25NO3/c1-10(2)7-16(8-11(3)4)9-13-6-14(15(17)18)12(5)19-13/h6,10-11H,7-9H2,1-5H3,(H,17,18). The van der Waals surface area contributed by atoms with E-state index in [-0.39, 0.29) is 5.56 Å². The minimum Gasteiger partial charge on any atom is -0.478 e. The van der Waals surface area contributed by atoms with E-state index < -0.39 is 5.97 Å². The molecule has 1 heterocycles. The number of hydrogen-bond donors (Lipinski definition) is 1. The number of rotatable bonds is 7. The second-order valence-electron chi connectivity index (χ2n) is 5.97. The maximum atomic E-state index is 11.0. The van der Waals surface area contributed by atoms with Crippen LogP contribution in [0, 0.1) is 18.8 Å². The predicted molar refractivity (Wildman–Crippen MR) is 75.4 cm³/mol. The van der Waals surface area contributed by atoms with Crippen molar-refractivity contribution in [2.75, 3.05) is 13.1 Å². The minimum atomic E-state index is -0.924. The monoisotopic (exact) mass is 267 g/mol. The van der Waals surface area contributed by atoms with E-state index in [1.165, 1.54) is 0 Å². The Morgan fingerprint density at radius 2 is 1.79 bits per heavy atom. The molecule has 19 heavy (non-hydrogen) atoms. The van der Waals surface area contributed by atoms with Gasteiger partial charge in [-0.1, -0.05) is 27.7 Å². The molecule has 0 radical (unpaired) electrons. The third kappa shape index (κ3) is 5.07. The first-order valence-electron chi connectivity index (χ1n) is 6.84. The molecule has 0 aliphatic heterocycles. The van der Waals surface area contributed by atoms with Gasteiger partial charge in [0.05, 0.1) is 6.54 Å². The first-order chi connectivity index (χ1) is 8.79. The molecular weight excluding hydrogens is 242 g/mol. The topological polar surface area (TPSA) is 53.7 Å². The molecule has 1 aromatic rings. The van der Waals surface area contributed by atoms with E-state index in [0.717, 1.165) is 18.8 Å². The molecule has 1 N–H and O–H groups in total. The zero-order valence-electron chi connectivity index (χ0n) is 12.6. The summed E-state index contributed by atoms with van der Waals surface area (Å²) < 4.78 is 5.55. The average molecular weight is 267 g/mol. The summed E-state index contributed by atoms with van der Waals surface area (Å²) >= 11 is 0. The van der Waals surface area contributed by atoms with Gasteiger partial charge >= 0.3 is 5.97 Å². The molecule has 4 heteroatoms. The molecule has 108 valence electrons. The summed E-state index contributed by atoms with van der Waals surface area (Å²) in [6.45, 7) is 13.1. The zero-order chi connectivity index (χ0) is 14.6. The van der Waals surface area contributed by atoms with Crippen molar-refractivity contribution < 1.29 is 14.3 Å². The van der Waals surface area contributed by atoms with Crippen LogP contribution in [0.25, 0.3) is 0 Å². The van der Waals surface area contributed by atoms with Crippen molar-refractivity contribution >= 4 is 5.97 Å². The summed E-state index contributed by atoms with van der Waals surface area (Å²) in [4.78, 5) is 13.3. The molecule has 4 nitrogen and oxygen atoms in total. The van der Waals surface area contributed by atoms with Gasteiger partial charge in [-0.2, -0.15) is 0 Å². The number of nitrogens with zero attached hydrogens (tertiary/aromatic N) is 1. The third-order valence-corrected chi connectivity index (χ3v) is 2.83. The summed E-state index contributed by atoms with van der Waals surface area (Å²) in [7, 11) is 0. The van der Waals surface area contributed by atoms with E-state index in [4.69, 9.17) is 9.52 Å². The van der Waals surface area contributed by atoms with Crippen LogP contribution >= 0.6 is 0 Å². The highest BCUT2D eigenvalue weighted by molar-refractivity contribution is 5.88. The van der Waals surface area contributed by atoms with Crippen molar-refractivity contribution in [2.24, 2.45) is 11.8 Å². The average Bonchev–Trinajstić information content (AvgIpc) is 2.57. The van der Waals surface area contributed by atoms with E-state index in [1.807, 2.05) is 0 Å². The number of carbonyl (C=O) groups is 1. The SMILES string of the molecule is Cc1oc(CN(CC(C)C)CC(C)C)cc1C(=O)O. The zero-order valence-corrected chi connectivity index (χ0v) is 12.6.